The van der Waals surface area contributed by atoms with Gasteiger partial charge in [0.05, 0.1) is 17.7 Å². The molecule has 2 unspecified atom stereocenters. The van der Waals surface area contributed by atoms with E-state index in [9.17, 15) is 19.5 Å². The van der Waals surface area contributed by atoms with Gasteiger partial charge in [0.2, 0.25) is 5.60 Å². The van der Waals surface area contributed by atoms with Crippen molar-refractivity contribution in [2.45, 2.75) is 109 Å². The molecule has 0 heterocycles. The second-order valence-corrected chi connectivity index (χ2v) is 12.7. The molecular formula is C39H46O7. The summed E-state index contributed by atoms with van der Waals surface area (Å²) in [5.41, 5.74) is 1.32. The number of rotatable bonds is 15. The molecule has 0 bridgehead atoms. The summed E-state index contributed by atoms with van der Waals surface area (Å²) >= 11 is 0. The number of carbonyl (C=O) groups is 3. The van der Waals surface area contributed by atoms with E-state index in [1.807, 2.05) is 42.5 Å². The van der Waals surface area contributed by atoms with Crippen LogP contribution in [0.2, 0.25) is 0 Å². The molecule has 0 aromatic heterocycles. The Kier molecular flexibility index (Phi) is 11.5. The van der Waals surface area contributed by atoms with Gasteiger partial charge in [-0.05, 0) is 66.8 Å². The first-order valence-electron chi connectivity index (χ1n) is 17.0. The van der Waals surface area contributed by atoms with E-state index in [2.05, 4.69) is 6.92 Å². The van der Waals surface area contributed by atoms with Gasteiger partial charge in [-0.1, -0.05) is 99.4 Å². The minimum absolute atomic E-state index is 0.148. The molecule has 46 heavy (non-hydrogen) atoms. The summed E-state index contributed by atoms with van der Waals surface area (Å²) in [4.78, 5) is 38.8. The molecule has 0 saturated heterocycles. The number of carbonyl (C=O) groups excluding carboxylic acids is 2. The number of unbranched alkanes of at least 4 members (excludes halogenated alkanes) is 7. The normalized spacial score (nSPS) is 19.4. The van der Waals surface area contributed by atoms with E-state index in [1.54, 1.807) is 24.3 Å². The second kappa shape index (κ2) is 15.9. The second-order valence-electron chi connectivity index (χ2n) is 12.7. The van der Waals surface area contributed by atoms with Crippen LogP contribution in [0.4, 0.5) is 0 Å². The first kappa shape index (κ1) is 33.2. The van der Waals surface area contributed by atoms with Gasteiger partial charge in [-0.2, -0.15) is 0 Å². The fourth-order valence-electron chi connectivity index (χ4n) is 6.69. The lowest BCUT2D eigenvalue weighted by Crippen LogP contribution is -2.46. The van der Waals surface area contributed by atoms with Crippen molar-refractivity contribution in [1.82, 2.24) is 0 Å². The maximum absolute atomic E-state index is 13.3. The lowest BCUT2D eigenvalue weighted by Gasteiger charge is -2.38. The van der Waals surface area contributed by atoms with E-state index in [0.717, 1.165) is 34.1 Å². The first-order chi connectivity index (χ1) is 22.4. The van der Waals surface area contributed by atoms with Crippen LogP contribution in [0.15, 0.2) is 77.9 Å². The van der Waals surface area contributed by atoms with E-state index in [1.165, 1.54) is 44.9 Å². The molecule has 0 amide bonds. The van der Waals surface area contributed by atoms with Gasteiger partial charge >= 0.3 is 17.9 Å². The molecule has 0 saturated carbocycles. The Morgan fingerprint density at radius 1 is 0.804 bits per heavy atom. The largest absolute Gasteiger partial charge is 0.494 e. The number of hydrogen-bond acceptors (Lipinski definition) is 6. The standard InChI is InChI=1S/C39H46O7/c1-2-3-4-5-6-7-8-11-25-44-32-20-17-29(18-21-32)36(40)45-33-22-19-31-27-39(38(42)43,24-23-30(31)26-33)46-37(41)35-16-12-14-28-13-9-10-15-34(28)35/h9-10,12-18,20-21,33H,2-8,11,19,22-27H2,1H3,(H,42,43). The van der Waals surface area contributed by atoms with Crippen molar-refractivity contribution in [3.05, 3.63) is 89.0 Å². The lowest BCUT2D eigenvalue weighted by molar-refractivity contribution is -0.160. The van der Waals surface area contributed by atoms with Crippen molar-refractivity contribution in [1.29, 1.82) is 0 Å². The Labute approximate surface area is 271 Å². The van der Waals surface area contributed by atoms with Crippen LogP contribution in [0.1, 0.15) is 118 Å². The quantitative estimate of drug-likeness (QED) is 0.102. The fourth-order valence-corrected chi connectivity index (χ4v) is 6.69. The highest BCUT2D eigenvalue weighted by molar-refractivity contribution is 6.05. The van der Waals surface area contributed by atoms with Gasteiger partial charge in [-0.25, -0.2) is 14.4 Å². The van der Waals surface area contributed by atoms with Crippen molar-refractivity contribution in [3.63, 3.8) is 0 Å². The monoisotopic (exact) mass is 626 g/mol. The summed E-state index contributed by atoms with van der Waals surface area (Å²) in [6, 6.07) is 19.9. The predicted octanol–water partition coefficient (Wildman–Crippen LogP) is 9.23. The third kappa shape index (κ3) is 8.36. The van der Waals surface area contributed by atoms with E-state index in [0.29, 0.717) is 43.4 Å². The van der Waals surface area contributed by atoms with Crippen LogP contribution in [0.5, 0.6) is 5.75 Å². The van der Waals surface area contributed by atoms with Crippen LogP contribution in [0.3, 0.4) is 0 Å². The van der Waals surface area contributed by atoms with Gasteiger partial charge in [-0.15, -0.1) is 0 Å². The fraction of sp³-hybridized carbons (Fsp3) is 0.462. The number of benzene rings is 3. The number of esters is 2. The van der Waals surface area contributed by atoms with Gasteiger partial charge in [0.25, 0.3) is 0 Å². The molecule has 3 aromatic rings. The topological polar surface area (TPSA) is 99.1 Å². The molecule has 2 aliphatic rings. The molecule has 7 nitrogen and oxygen atoms in total. The summed E-state index contributed by atoms with van der Waals surface area (Å²) in [5.74, 6) is -1.39. The summed E-state index contributed by atoms with van der Waals surface area (Å²) in [6.07, 6.45) is 12.3. The number of carboxylic acid groups (broad SMARTS) is 1. The number of carboxylic acids is 1. The highest BCUT2D eigenvalue weighted by Crippen LogP contribution is 2.43. The van der Waals surface area contributed by atoms with Crippen LogP contribution >= 0.6 is 0 Å². The zero-order valence-corrected chi connectivity index (χ0v) is 26.9. The third-order valence-electron chi connectivity index (χ3n) is 9.39. The molecule has 0 aliphatic heterocycles. The Morgan fingerprint density at radius 3 is 2.28 bits per heavy atom. The molecule has 2 aliphatic carbocycles. The number of fused-ring (bicyclic) bond motifs is 1. The predicted molar refractivity (Wildman–Crippen MR) is 178 cm³/mol. The van der Waals surface area contributed by atoms with Gasteiger partial charge in [0, 0.05) is 19.3 Å². The van der Waals surface area contributed by atoms with Gasteiger partial charge in [0.15, 0.2) is 0 Å². The zero-order valence-electron chi connectivity index (χ0n) is 26.9. The molecular weight excluding hydrogens is 580 g/mol. The minimum atomic E-state index is -1.62. The van der Waals surface area contributed by atoms with Crippen molar-refractivity contribution >= 4 is 28.7 Å². The SMILES string of the molecule is CCCCCCCCCCOc1ccc(C(=O)OC2CCC3=C(CCC(OC(=O)c4cccc5ccccc45)(C(=O)O)C3)C2)cc1. The van der Waals surface area contributed by atoms with E-state index < -0.39 is 17.5 Å². The van der Waals surface area contributed by atoms with E-state index in [4.69, 9.17) is 14.2 Å². The zero-order chi connectivity index (χ0) is 32.4. The van der Waals surface area contributed by atoms with E-state index >= 15 is 0 Å². The molecule has 1 N–H and O–H groups in total. The molecule has 0 fully saturated rings. The van der Waals surface area contributed by atoms with Crippen LogP contribution in [0, 0.1) is 0 Å². The lowest BCUT2D eigenvalue weighted by atomic mass is 9.74. The van der Waals surface area contributed by atoms with Crippen LogP contribution in [-0.4, -0.2) is 41.3 Å². The van der Waals surface area contributed by atoms with Crippen molar-refractivity contribution in [2.75, 3.05) is 6.61 Å². The van der Waals surface area contributed by atoms with Gasteiger partial charge in [-0.3, -0.25) is 0 Å². The van der Waals surface area contributed by atoms with Crippen molar-refractivity contribution in [3.8, 4) is 5.75 Å². The van der Waals surface area contributed by atoms with Gasteiger partial charge < -0.3 is 19.3 Å². The Balaban J connectivity index is 1.10. The van der Waals surface area contributed by atoms with Crippen molar-refractivity contribution < 1.29 is 33.7 Å². The first-order valence-corrected chi connectivity index (χ1v) is 17.0. The van der Waals surface area contributed by atoms with E-state index in [-0.39, 0.29) is 24.9 Å². The molecule has 0 radical (unpaired) electrons. The summed E-state index contributed by atoms with van der Waals surface area (Å²) < 4.78 is 17.6. The average molecular weight is 627 g/mol. The third-order valence-corrected chi connectivity index (χ3v) is 9.39. The number of hydrogen-bond donors (Lipinski definition) is 1. The Morgan fingerprint density at radius 2 is 1.52 bits per heavy atom. The molecule has 2 atom stereocenters. The van der Waals surface area contributed by atoms with Crippen LogP contribution in [0.25, 0.3) is 10.8 Å². The summed E-state index contributed by atoms with van der Waals surface area (Å²) in [6.45, 7) is 2.91. The number of aliphatic carboxylic acids is 1. The minimum Gasteiger partial charge on any atom is -0.494 e. The maximum atomic E-state index is 13.3. The smallest absolute Gasteiger partial charge is 0.348 e. The summed E-state index contributed by atoms with van der Waals surface area (Å²) in [5, 5.41) is 11.9. The molecule has 0 spiro atoms. The maximum Gasteiger partial charge on any atom is 0.348 e. The highest BCUT2D eigenvalue weighted by atomic mass is 16.6. The Hall–Kier alpha value is -4.13. The molecule has 5 rings (SSSR count). The molecule has 7 heteroatoms. The molecule has 3 aromatic carbocycles. The van der Waals surface area contributed by atoms with Crippen LogP contribution in [-0.2, 0) is 14.3 Å². The highest BCUT2D eigenvalue weighted by Gasteiger charge is 2.47. The van der Waals surface area contributed by atoms with Gasteiger partial charge in [0.1, 0.15) is 11.9 Å². The van der Waals surface area contributed by atoms with Crippen molar-refractivity contribution in [2.24, 2.45) is 0 Å². The molecule has 244 valence electrons. The average Bonchev–Trinajstić information content (AvgIpc) is 3.07. The Bertz CT molecular complexity index is 1530. The summed E-state index contributed by atoms with van der Waals surface area (Å²) in [7, 11) is 0. The number of ether oxygens (including phenoxy) is 3. The van der Waals surface area contributed by atoms with Crippen LogP contribution < -0.4 is 4.74 Å².